The quantitative estimate of drug-likeness (QED) is 0.831. The molecule has 0 amide bonds. The zero-order valence-corrected chi connectivity index (χ0v) is 16.1. The van der Waals surface area contributed by atoms with Crippen LogP contribution in [0.2, 0.25) is 0 Å². The van der Waals surface area contributed by atoms with E-state index >= 15 is 0 Å². The molecule has 2 aromatic rings. The fourth-order valence-corrected chi connectivity index (χ4v) is 5.04. The van der Waals surface area contributed by atoms with Gasteiger partial charge in [0.1, 0.15) is 0 Å². The lowest BCUT2D eigenvalue weighted by atomic mass is 10.0. The Hall–Kier alpha value is -2.20. The van der Waals surface area contributed by atoms with E-state index in [-0.39, 0.29) is 6.04 Å². The first-order valence-electron chi connectivity index (χ1n) is 8.60. The van der Waals surface area contributed by atoms with Crippen LogP contribution < -0.4 is 0 Å². The van der Waals surface area contributed by atoms with Crippen molar-refractivity contribution in [2.45, 2.75) is 24.3 Å². The van der Waals surface area contributed by atoms with Gasteiger partial charge in [0.15, 0.2) is 0 Å². The third kappa shape index (κ3) is 3.51. The summed E-state index contributed by atoms with van der Waals surface area (Å²) in [5.41, 5.74) is 3.25. The lowest BCUT2D eigenvalue weighted by Crippen LogP contribution is -2.34. The van der Waals surface area contributed by atoms with Crippen LogP contribution in [0.25, 0.3) is 11.1 Å². The fourth-order valence-electron chi connectivity index (χ4n) is 3.35. The van der Waals surface area contributed by atoms with Crippen molar-refractivity contribution in [1.29, 1.82) is 5.26 Å². The average Bonchev–Trinajstić information content (AvgIpc) is 3.13. The molecule has 5 nitrogen and oxygen atoms in total. The van der Waals surface area contributed by atoms with E-state index in [2.05, 4.69) is 11.0 Å². The maximum absolute atomic E-state index is 13.0. The van der Waals surface area contributed by atoms with Gasteiger partial charge in [-0.25, -0.2) is 8.42 Å². The number of hydrogen-bond acceptors (Lipinski definition) is 4. The number of aryl methyl sites for hydroxylation is 1. The third-order valence-electron chi connectivity index (χ3n) is 5.00. The van der Waals surface area contributed by atoms with E-state index < -0.39 is 10.0 Å². The molecule has 0 N–H and O–H groups in total. The molecule has 136 valence electrons. The summed E-state index contributed by atoms with van der Waals surface area (Å²) in [7, 11) is 0.487. The minimum atomic E-state index is -3.48. The highest BCUT2D eigenvalue weighted by atomic mass is 32.2. The fraction of sp³-hybridized carbons (Fsp3) is 0.350. The first kappa shape index (κ1) is 18.6. The second-order valence-electron chi connectivity index (χ2n) is 6.94. The summed E-state index contributed by atoms with van der Waals surface area (Å²) < 4.78 is 27.6. The number of nitrogens with zero attached hydrogens (tertiary/aromatic N) is 3. The zero-order valence-electron chi connectivity index (χ0n) is 15.3. The zero-order chi connectivity index (χ0) is 18.9. The van der Waals surface area contributed by atoms with Gasteiger partial charge in [-0.3, -0.25) is 0 Å². The van der Waals surface area contributed by atoms with Crippen LogP contribution in [0.1, 0.15) is 17.5 Å². The predicted molar refractivity (Wildman–Crippen MR) is 102 cm³/mol. The average molecular weight is 369 g/mol. The van der Waals surface area contributed by atoms with E-state index in [1.54, 1.807) is 22.5 Å². The molecule has 1 aliphatic rings. The van der Waals surface area contributed by atoms with Gasteiger partial charge in [0.2, 0.25) is 10.0 Å². The Morgan fingerprint density at radius 3 is 2.31 bits per heavy atom. The summed E-state index contributed by atoms with van der Waals surface area (Å²) >= 11 is 0. The summed E-state index contributed by atoms with van der Waals surface area (Å²) in [5.74, 6) is 0. The molecule has 0 spiro atoms. The van der Waals surface area contributed by atoms with Gasteiger partial charge in [-0.1, -0.05) is 24.3 Å². The van der Waals surface area contributed by atoms with Crippen molar-refractivity contribution in [3.63, 3.8) is 0 Å². The van der Waals surface area contributed by atoms with Gasteiger partial charge >= 0.3 is 0 Å². The highest BCUT2D eigenvalue weighted by molar-refractivity contribution is 7.89. The normalized spacial score (nSPS) is 18.2. The van der Waals surface area contributed by atoms with E-state index in [1.807, 2.05) is 45.3 Å². The predicted octanol–water partition coefficient (Wildman–Crippen LogP) is 2.86. The number of likely N-dealkylation sites (N-methyl/N-ethyl adjacent to an activating group) is 1. The molecule has 1 aliphatic heterocycles. The van der Waals surface area contributed by atoms with Crippen LogP contribution in [-0.4, -0.2) is 50.8 Å². The molecule has 1 heterocycles. The smallest absolute Gasteiger partial charge is 0.243 e. The van der Waals surface area contributed by atoms with Crippen LogP contribution in [0.4, 0.5) is 0 Å². The van der Waals surface area contributed by atoms with Crippen LogP contribution in [0, 0.1) is 18.3 Å². The Bertz CT molecular complexity index is 944. The van der Waals surface area contributed by atoms with Crippen LogP contribution in [-0.2, 0) is 10.0 Å². The molecule has 26 heavy (non-hydrogen) atoms. The van der Waals surface area contributed by atoms with Crippen molar-refractivity contribution in [3.8, 4) is 17.2 Å². The van der Waals surface area contributed by atoms with Crippen LogP contribution in [0.5, 0.6) is 0 Å². The van der Waals surface area contributed by atoms with E-state index in [1.165, 1.54) is 0 Å². The molecular formula is C20H23N3O2S. The maximum atomic E-state index is 13.0. The van der Waals surface area contributed by atoms with E-state index in [0.29, 0.717) is 23.5 Å². The van der Waals surface area contributed by atoms with Gasteiger partial charge < -0.3 is 4.90 Å². The van der Waals surface area contributed by atoms with Crippen molar-refractivity contribution in [2.75, 3.05) is 27.2 Å². The summed E-state index contributed by atoms with van der Waals surface area (Å²) in [6.07, 6.45) is 0.856. The molecule has 0 saturated carbocycles. The molecular weight excluding hydrogens is 346 g/mol. The van der Waals surface area contributed by atoms with Crippen molar-refractivity contribution in [2.24, 2.45) is 0 Å². The van der Waals surface area contributed by atoms with Crippen LogP contribution in [0.15, 0.2) is 47.4 Å². The molecule has 6 heteroatoms. The maximum Gasteiger partial charge on any atom is 0.243 e. The Morgan fingerprint density at radius 2 is 1.77 bits per heavy atom. The minimum absolute atomic E-state index is 0.267. The van der Waals surface area contributed by atoms with Crippen molar-refractivity contribution in [3.05, 3.63) is 53.6 Å². The molecule has 0 radical (unpaired) electrons. The van der Waals surface area contributed by atoms with Crippen LogP contribution in [0.3, 0.4) is 0 Å². The van der Waals surface area contributed by atoms with Crippen molar-refractivity contribution >= 4 is 10.0 Å². The first-order valence-corrected chi connectivity index (χ1v) is 10.0. The molecule has 1 fully saturated rings. The molecule has 1 saturated heterocycles. The first-order chi connectivity index (χ1) is 12.3. The van der Waals surface area contributed by atoms with Gasteiger partial charge in [-0.2, -0.15) is 9.57 Å². The van der Waals surface area contributed by atoms with Crippen molar-refractivity contribution in [1.82, 2.24) is 9.21 Å². The van der Waals surface area contributed by atoms with E-state index in [9.17, 15) is 8.42 Å². The lowest BCUT2D eigenvalue weighted by Gasteiger charge is -2.21. The second kappa shape index (κ2) is 7.20. The molecule has 1 atom stereocenters. The van der Waals surface area contributed by atoms with Gasteiger partial charge in [0, 0.05) is 19.1 Å². The van der Waals surface area contributed by atoms with Crippen molar-refractivity contribution < 1.29 is 8.42 Å². The van der Waals surface area contributed by atoms with Crippen LogP contribution >= 0.6 is 0 Å². The third-order valence-corrected chi connectivity index (χ3v) is 7.02. The SMILES string of the molecule is Cc1cc(-c2ccc(C#N)cc2)ccc1S(=O)(=O)N1CC[C@@H](N(C)C)C1. The number of benzene rings is 2. The topological polar surface area (TPSA) is 64.4 Å². The molecule has 0 aliphatic carbocycles. The molecule has 0 unspecified atom stereocenters. The van der Waals surface area contributed by atoms with Gasteiger partial charge in [0.05, 0.1) is 16.5 Å². The number of sulfonamides is 1. The highest BCUT2D eigenvalue weighted by Gasteiger charge is 2.34. The Kier molecular flexibility index (Phi) is 5.15. The minimum Gasteiger partial charge on any atom is -0.305 e. The Labute approximate surface area is 155 Å². The molecule has 0 aromatic heterocycles. The molecule has 3 rings (SSSR count). The summed E-state index contributed by atoms with van der Waals surface area (Å²) in [5, 5.41) is 8.90. The standard InChI is InChI=1S/C20H23N3O2S/c1-15-12-18(17-6-4-16(13-21)5-7-17)8-9-20(15)26(24,25)23-11-10-19(14-23)22(2)3/h4-9,12,19H,10-11,14H2,1-3H3/t19-/m1/s1. The molecule has 2 aromatic carbocycles. The number of hydrogen-bond donors (Lipinski definition) is 0. The largest absolute Gasteiger partial charge is 0.305 e. The summed E-state index contributed by atoms with van der Waals surface area (Å²) in [6, 6.07) is 15.1. The Morgan fingerprint density at radius 1 is 1.12 bits per heavy atom. The monoisotopic (exact) mass is 369 g/mol. The van der Waals surface area contributed by atoms with Gasteiger partial charge in [-0.15, -0.1) is 0 Å². The number of rotatable bonds is 4. The van der Waals surface area contributed by atoms with E-state index in [0.717, 1.165) is 23.1 Å². The summed E-state index contributed by atoms with van der Waals surface area (Å²) in [4.78, 5) is 2.45. The number of nitriles is 1. The van der Waals surface area contributed by atoms with Gasteiger partial charge in [-0.05, 0) is 62.3 Å². The second-order valence-corrected chi connectivity index (χ2v) is 8.84. The Balaban J connectivity index is 1.88. The summed E-state index contributed by atoms with van der Waals surface area (Å²) in [6.45, 7) is 2.92. The van der Waals surface area contributed by atoms with E-state index in [4.69, 9.17) is 5.26 Å². The highest BCUT2D eigenvalue weighted by Crippen LogP contribution is 2.29. The lowest BCUT2D eigenvalue weighted by molar-refractivity contribution is 0.302. The molecule has 0 bridgehead atoms. The van der Waals surface area contributed by atoms with Gasteiger partial charge in [0.25, 0.3) is 0 Å².